The van der Waals surface area contributed by atoms with Crippen molar-refractivity contribution in [1.82, 2.24) is 19.1 Å². The molecule has 0 spiro atoms. The third kappa shape index (κ3) is 4.39. The molecule has 204 valence electrons. The number of hydrogen-bond donors (Lipinski definition) is 0. The second-order valence-electron chi connectivity index (χ2n) is 10.7. The summed E-state index contributed by atoms with van der Waals surface area (Å²) in [4.78, 5) is 18.9. The van der Waals surface area contributed by atoms with Crippen molar-refractivity contribution in [2.45, 2.75) is 43.5 Å². The molecule has 7 nitrogen and oxygen atoms in total. The van der Waals surface area contributed by atoms with Gasteiger partial charge in [0.2, 0.25) is 10.0 Å². The van der Waals surface area contributed by atoms with E-state index in [1.807, 2.05) is 19.1 Å². The van der Waals surface area contributed by atoms with Gasteiger partial charge in [0.1, 0.15) is 11.5 Å². The van der Waals surface area contributed by atoms with Gasteiger partial charge in [0.25, 0.3) is 0 Å². The van der Waals surface area contributed by atoms with Gasteiger partial charge < -0.3 is 0 Å². The molecule has 40 heavy (non-hydrogen) atoms. The van der Waals surface area contributed by atoms with Crippen molar-refractivity contribution in [2.24, 2.45) is 5.41 Å². The Morgan fingerprint density at radius 2 is 1.90 bits per heavy atom. The Morgan fingerprint density at radius 1 is 1.10 bits per heavy atom. The predicted octanol–water partition coefficient (Wildman–Crippen LogP) is 5.40. The molecule has 2 aliphatic carbocycles. The first-order valence-electron chi connectivity index (χ1n) is 13.2. The molecule has 0 amide bonds. The SMILES string of the molecule is Cc1cccc(S(=O)(=O)N(C)[C@H]2CCC3=Cc4c(cnn4-c4ccc(F)cc4)C[C@]3(C(=O)c3ccccn3)C2)c1. The number of fused-ring (bicyclic) bond motifs is 2. The molecule has 9 heteroatoms. The predicted molar refractivity (Wildman–Crippen MR) is 150 cm³/mol. The van der Waals surface area contributed by atoms with Crippen LogP contribution in [-0.2, 0) is 16.4 Å². The van der Waals surface area contributed by atoms with Crippen molar-refractivity contribution in [3.8, 4) is 5.69 Å². The molecule has 2 atom stereocenters. The number of pyridine rings is 1. The fourth-order valence-electron chi connectivity index (χ4n) is 6.06. The van der Waals surface area contributed by atoms with Gasteiger partial charge in [-0.1, -0.05) is 23.8 Å². The van der Waals surface area contributed by atoms with Crippen LogP contribution in [0.15, 0.2) is 89.6 Å². The first kappa shape index (κ1) is 26.3. The van der Waals surface area contributed by atoms with E-state index in [-0.39, 0.29) is 22.5 Å². The lowest BCUT2D eigenvalue weighted by atomic mass is 9.60. The van der Waals surface area contributed by atoms with Crippen molar-refractivity contribution in [2.75, 3.05) is 7.05 Å². The molecule has 0 saturated heterocycles. The number of hydrogen-bond acceptors (Lipinski definition) is 5. The number of Topliss-reactive ketones (excluding diaryl/α,β-unsaturated/α-hetero) is 1. The number of halogens is 1. The summed E-state index contributed by atoms with van der Waals surface area (Å²) in [6, 6.07) is 17.9. The van der Waals surface area contributed by atoms with Crippen LogP contribution < -0.4 is 0 Å². The van der Waals surface area contributed by atoms with Gasteiger partial charge in [-0.2, -0.15) is 9.40 Å². The van der Waals surface area contributed by atoms with E-state index in [0.717, 1.165) is 28.1 Å². The lowest BCUT2D eigenvalue weighted by molar-refractivity contribution is 0.0747. The topological polar surface area (TPSA) is 85.2 Å². The Kier molecular flexibility index (Phi) is 6.51. The first-order valence-corrected chi connectivity index (χ1v) is 14.7. The molecule has 0 bridgehead atoms. The summed E-state index contributed by atoms with van der Waals surface area (Å²) >= 11 is 0. The third-order valence-corrected chi connectivity index (χ3v) is 10.1. The summed E-state index contributed by atoms with van der Waals surface area (Å²) in [6.45, 7) is 1.86. The van der Waals surface area contributed by atoms with Crippen LogP contribution in [0.3, 0.4) is 0 Å². The van der Waals surface area contributed by atoms with Crippen LogP contribution in [0.5, 0.6) is 0 Å². The van der Waals surface area contributed by atoms with E-state index in [4.69, 9.17) is 0 Å². The van der Waals surface area contributed by atoms with E-state index >= 15 is 0 Å². The number of carbonyl (C=O) groups excluding carboxylic acids is 1. The maximum absolute atomic E-state index is 14.3. The Labute approximate surface area is 233 Å². The van der Waals surface area contributed by atoms with E-state index in [2.05, 4.69) is 10.1 Å². The van der Waals surface area contributed by atoms with Crippen LogP contribution in [0, 0.1) is 18.2 Å². The summed E-state index contributed by atoms with van der Waals surface area (Å²) in [6.07, 6.45) is 7.19. The quantitative estimate of drug-likeness (QED) is 0.297. The van der Waals surface area contributed by atoms with Crippen LogP contribution >= 0.6 is 0 Å². The zero-order chi connectivity index (χ0) is 28.1. The van der Waals surface area contributed by atoms with Crippen molar-refractivity contribution in [3.05, 3.63) is 113 Å². The minimum atomic E-state index is -3.77. The molecule has 1 fully saturated rings. The second-order valence-corrected chi connectivity index (χ2v) is 12.6. The fourth-order valence-corrected chi connectivity index (χ4v) is 7.55. The van der Waals surface area contributed by atoms with Gasteiger partial charge in [0, 0.05) is 19.3 Å². The maximum Gasteiger partial charge on any atom is 0.243 e. The summed E-state index contributed by atoms with van der Waals surface area (Å²) in [5, 5.41) is 4.58. The van der Waals surface area contributed by atoms with Gasteiger partial charge in [0.15, 0.2) is 5.78 Å². The second kappa shape index (κ2) is 9.91. The Balaban J connectivity index is 1.41. The van der Waals surface area contributed by atoms with Gasteiger partial charge in [-0.25, -0.2) is 17.5 Å². The van der Waals surface area contributed by atoms with Crippen molar-refractivity contribution in [1.29, 1.82) is 0 Å². The average molecular weight is 557 g/mol. The lowest BCUT2D eigenvalue weighted by Crippen LogP contribution is -2.49. The van der Waals surface area contributed by atoms with E-state index < -0.39 is 15.4 Å². The monoisotopic (exact) mass is 556 g/mol. The normalized spacial score (nSPS) is 20.5. The van der Waals surface area contributed by atoms with Gasteiger partial charge >= 0.3 is 0 Å². The van der Waals surface area contributed by atoms with E-state index in [1.165, 1.54) is 16.4 Å². The number of aryl methyl sites for hydroxylation is 1. The Morgan fingerprint density at radius 3 is 2.62 bits per heavy atom. The minimum absolute atomic E-state index is 0.120. The number of carbonyl (C=O) groups is 1. The molecular formula is C31H29FN4O3S. The maximum atomic E-state index is 14.3. The zero-order valence-corrected chi connectivity index (χ0v) is 23.1. The molecule has 0 radical (unpaired) electrons. The summed E-state index contributed by atoms with van der Waals surface area (Å²) < 4.78 is 44.1. The zero-order valence-electron chi connectivity index (χ0n) is 22.3. The van der Waals surface area contributed by atoms with Crippen molar-refractivity contribution >= 4 is 21.9 Å². The number of sulfonamides is 1. The molecule has 6 rings (SSSR count). The highest BCUT2D eigenvalue weighted by Crippen LogP contribution is 2.51. The fraction of sp³-hybridized carbons (Fsp3) is 0.258. The number of rotatable bonds is 6. The molecule has 2 aliphatic rings. The van der Waals surface area contributed by atoms with E-state index in [9.17, 15) is 17.6 Å². The number of nitrogens with zero attached hydrogens (tertiary/aromatic N) is 4. The van der Waals surface area contributed by atoms with E-state index in [1.54, 1.807) is 72.7 Å². The molecule has 2 aromatic heterocycles. The van der Waals surface area contributed by atoms with Crippen LogP contribution in [0.1, 0.15) is 46.6 Å². The lowest BCUT2D eigenvalue weighted by Gasteiger charge is -2.45. The molecular weight excluding hydrogens is 527 g/mol. The van der Waals surface area contributed by atoms with Crippen molar-refractivity contribution in [3.63, 3.8) is 0 Å². The first-order chi connectivity index (χ1) is 19.2. The molecule has 0 N–H and O–H groups in total. The smallest absolute Gasteiger partial charge is 0.243 e. The summed E-state index contributed by atoms with van der Waals surface area (Å²) in [7, 11) is -2.16. The standard InChI is InChI=1S/C31H29FN4O3S/c1-21-6-5-7-27(16-21)40(38,39)35(2)26-12-9-23-17-29-22(20-34-36(29)25-13-10-24(32)11-14-25)18-31(23,19-26)30(37)28-8-3-4-15-33-28/h3-8,10-11,13-17,20,26H,9,12,18-19H2,1-2H3/t26-,31-/m0/s1. The summed E-state index contributed by atoms with van der Waals surface area (Å²) in [5.74, 6) is -0.447. The molecule has 0 aliphatic heterocycles. The van der Waals surface area contributed by atoms with Crippen molar-refractivity contribution < 1.29 is 17.6 Å². The van der Waals surface area contributed by atoms with Crippen LogP contribution in [0.2, 0.25) is 0 Å². The van der Waals surface area contributed by atoms with Gasteiger partial charge in [-0.3, -0.25) is 9.78 Å². The third-order valence-electron chi connectivity index (χ3n) is 8.22. The largest absolute Gasteiger partial charge is 0.291 e. The molecule has 4 aromatic rings. The number of aromatic nitrogens is 3. The number of ketones is 1. The Bertz CT molecular complexity index is 1730. The van der Waals surface area contributed by atoms with Crippen LogP contribution in [0.4, 0.5) is 4.39 Å². The van der Waals surface area contributed by atoms with Gasteiger partial charge in [-0.05, 0) is 98.3 Å². The summed E-state index contributed by atoms with van der Waals surface area (Å²) in [5.41, 5.74) is 3.65. The highest BCUT2D eigenvalue weighted by Gasteiger charge is 2.51. The molecule has 2 heterocycles. The average Bonchev–Trinajstić information content (AvgIpc) is 3.37. The molecule has 0 unspecified atom stereocenters. The Hall–Kier alpha value is -3.95. The number of benzene rings is 2. The highest BCUT2D eigenvalue weighted by molar-refractivity contribution is 7.89. The minimum Gasteiger partial charge on any atom is -0.291 e. The van der Waals surface area contributed by atoms with E-state index in [0.29, 0.717) is 31.4 Å². The van der Waals surface area contributed by atoms with Gasteiger partial charge in [-0.15, -0.1) is 0 Å². The van der Waals surface area contributed by atoms with Gasteiger partial charge in [0.05, 0.1) is 27.9 Å². The van der Waals surface area contributed by atoms with Crippen LogP contribution in [0.25, 0.3) is 11.8 Å². The molecule has 1 saturated carbocycles. The highest BCUT2D eigenvalue weighted by atomic mass is 32.2. The van der Waals surface area contributed by atoms with Crippen LogP contribution in [-0.4, -0.2) is 46.4 Å². The number of allylic oxidation sites excluding steroid dienone is 1. The molecule has 2 aromatic carbocycles.